The summed E-state index contributed by atoms with van der Waals surface area (Å²) in [7, 11) is 0. The molecule has 2 heterocycles. The number of nitrogens with one attached hydrogen (secondary N) is 2. The van der Waals surface area contributed by atoms with Gasteiger partial charge in [-0.25, -0.2) is 14.4 Å². The highest BCUT2D eigenvalue weighted by Gasteiger charge is 2.30. The molecule has 0 aliphatic heterocycles. The van der Waals surface area contributed by atoms with Crippen LogP contribution in [-0.2, 0) is 0 Å². The van der Waals surface area contributed by atoms with Crippen LogP contribution >= 0.6 is 0 Å². The molecule has 0 spiro atoms. The molecule has 0 bridgehead atoms. The fourth-order valence-corrected chi connectivity index (χ4v) is 3.29. The standard InChI is InChI=1S/C22H21FN6O/c1-14-11-25-21(27-17-8-7-16(17)23)9-20(14)29-12-19(26-13-29)22(30)28-18(10-24)15-5-3-2-4-6-15/h2-6,9,11-13,16-18H,7-8H2,1H3,(H,25,27)(H,28,30)/t16-,17?,18?/m1/s1. The smallest absolute Gasteiger partial charge is 0.272 e. The number of nitriles is 1. The fraction of sp³-hybridized carbons (Fsp3) is 0.273. The minimum atomic E-state index is -0.849. The molecule has 3 aromatic rings. The van der Waals surface area contributed by atoms with E-state index in [0.717, 1.165) is 17.7 Å². The Balaban J connectivity index is 1.51. The van der Waals surface area contributed by atoms with Gasteiger partial charge < -0.3 is 15.2 Å². The van der Waals surface area contributed by atoms with E-state index < -0.39 is 18.1 Å². The van der Waals surface area contributed by atoms with Gasteiger partial charge in [0.15, 0.2) is 0 Å². The van der Waals surface area contributed by atoms with Gasteiger partial charge in [-0.3, -0.25) is 4.79 Å². The Labute approximate surface area is 173 Å². The molecule has 2 aromatic heterocycles. The summed E-state index contributed by atoms with van der Waals surface area (Å²) in [6.45, 7) is 1.90. The Morgan fingerprint density at radius 3 is 2.77 bits per heavy atom. The van der Waals surface area contributed by atoms with E-state index in [1.807, 2.05) is 31.2 Å². The van der Waals surface area contributed by atoms with Crippen molar-refractivity contribution in [1.29, 1.82) is 5.26 Å². The quantitative estimate of drug-likeness (QED) is 0.656. The van der Waals surface area contributed by atoms with Gasteiger partial charge >= 0.3 is 0 Å². The zero-order valence-corrected chi connectivity index (χ0v) is 16.4. The molecule has 8 heteroatoms. The number of aromatic nitrogens is 3. The number of halogens is 1. The number of hydrogen-bond acceptors (Lipinski definition) is 5. The maximum Gasteiger partial charge on any atom is 0.272 e. The molecule has 1 aromatic carbocycles. The number of hydrogen-bond donors (Lipinski definition) is 2. The summed E-state index contributed by atoms with van der Waals surface area (Å²) >= 11 is 0. The molecule has 0 radical (unpaired) electrons. The average molecular weight is 404 g/mol. The molecule has 1 saturated carbocycles. The second-order valence-corrected chi connectivity index (χ2v) is 7.31. The molecule has 0 saturated heterocycles. The topological polar surface area (TPSA) is 95.6 Å². The van der Waals surface area contributed by atoms with E-state index in [2.05, 4.69) is 26.7 Å². The van der Waals surface area contributed by atoms with Crippen LogP contribution < -0.4 is 10.6 Å². The first-order chi connectivity index (χ1) is 14.5. The average Bonchev–Trinajstić information content (AvgIpc) is 3.26. The Kier molecular flexibility index (Phi) is 5.44. The third-order valence-corrected chi connectivity index (χ3v) is 5.23. The normalized spacial score (nSPS) is 18.7. The number of anilines is 1. The summed E-state index contributed by atoms with van der Waals surface area (Å²) < 4.78 is 15.3. The van der Waals surface area contributed by atoms with Crippen molar-refractivity contribution >= 4 is 11.7 Å². The van der Waals surface area contributed by atoms with Gasteiger partial charge in [-0.15, -0.1) is 0 Å². The number of aryl methyl sites for hydroxylation is 1. The summed E-state index contributed by atoms with van der Waals surface area (Å²) in [5, 5.41) is 15.2. The third-order valence-electron chi connectivity index (χ3n) is 5.23. The van der Waals surface area contributed by atoms with Crippen molar-refractivity contribution in [3.63, 3.8) is 0 Å². The zero-order valence-electron chi connectivity index (χ0n) is 16.4. The van der Waals surface area contributed by atoms with Gasteiger partial charge in [0.1, 0.15) is 30.1 Å². The molecule has 4 rings (SSSR count). The lowest BCUT2D eigenvalue weighted by molar-refractivity contribution is 0.0940. The Morgan fingerprint density at radius 1 is 1.30 bits per heavy atom. The number of carbonyl (C=O) groups is 1. The van der Waals surface area contributed by atoms with E-state index >= 15 is 0 Å². The van der Waals surface area contributed by atoms with E-state index in [0.29, 0.717) is 17.8 Å². The predicted molar refractivity (Wildman–Crippen MR) is 110 cm³/mol. The van der Waals surface area contributed by atoms with E-state index in [4.69, 9.17) is 0 Å². The lowest BCUT2D eigenvalue weighted by Crippen LogP contribution is -2.40. The van der Waals surface area contributed by atoms with Crippen molar-refractivity contribution in [2.75, 3.05) is 5.32 Å². The third kappa shape index (κ3) is 4.01. The van der Waals surface area contributed by atoms with Crippen LogP contribution in [0.25, 0.3) is 5.69 Å². The molecule has 152 valence electrons. The van der Waals surface area contributed by atoms with E-state index in [-0.39, 0.29) is 11.7 Å². The van der Waals surface area contributed by atoms with Crippen LogP contribution in [0.2, 0.25) is 0 Å². The van der Waals surface area contributed by atoms with Crippen LogP contribution in [0.15, 0.2) is 55.1 Å². The van der Waals surface area contributed by atoms with Gasteiger partial charge in [-0.1, -0.05) is 30.3 Å². The number of amides is 1. The van der Waals surface area contributed by atoms with Crippen molar-refractivity contribution in [3.8, 4) is 11.8 Å². The molecule has 1 fully saturated rings. The summed E-state index contributed by atoms with van der Waals surface area (Å²) in [6, 6.07) is 12.0. The van der Waals surface area contributed by atoms with Crippen LogP contribution in [0, 0.1) is 18.3 Å². The molecule has 1 amide bonds. The summed E-state index contributed by atoms with van der Waals surface area (Å²) in [5.41, 5.74) is 2.57. The number of rotatable bonds is 6. The van der Waals surface area contributed by atoms with Crippen molar-refractivity contribution in [2.24, 2.45) is 0 Å². The van der Waals surface area contributed by atoms with Crippen molar-refractivity contribution in [2.45, 2.75) is 38.0 Å². The van der Waals surface area contributed by atoms with Gasteiger partial charge in [0, 0.05) is 18.5 Å². The first kappa shape index (κ1) is 19.6. The Bertz CT molecular complexity index is 1090. The van der Waals surface area contributed by atoms with E-state index in [9.17, 15) is 14.4 Å². The van der Waals surface area contributed by atoms with Gasteiger partial charge in [0.05, 0.1) is 17.8 Å². The molecule has 3 atom stereocenters. The minimum absolute atomic E-state index is 0.194. The van der Waals surface area contributed by atoms with Crippen molar-refractivity contribution in [1.82, 2.24) is 19.9 Å². The van der Waals surface area contributed by atoms with Crippen LogP contribution in [0.3, 0.4) is 0 Å². The van der Waals surface area contributed by atoms with Gasteiger partial charge in [-0.2, -0.15) is 5.26 Å². The second-order valence-electron chi connectivity index (χ2n) is 7.31. The highest BCUT2D eigenvalue weighted by atomic mass is 19.1. The Hall–Kier alpha value is -3.73. The van der Waals surface area contributed by atoms with Gasteiger partial charge in [0.25, 0.3) is 5.91 Å². The summed E-state index contributed by atoms with van der Waals surface area (Å²) in [5.74, 6) is 0.139. The van der Waals surface area contributed by atoms with Crippen molar-refractivity contribution in [3.05, 3.63) is 71.9 Å². The Morgan fingerprint density at radius 2 is 2.10 bits per heavy atom. The zero-order chi connectivity index (χ0) is 21.1. The van der Waals surface area contributed by atoms with Crippen LogP contribution in [0.1, 0.15) is 40.5 Å². The fourth-order valence-electron chi connectivity index (χ4n) is 3.29. The lowest BCUT2D eigenvalue weighted by atomic mass is 9.90. The predicted octanol–water partition coefficient (Wildman–Crippen LogP) is 3.48. The number of benzene rings is 1. The molecule has 2 unspecified atom stereocenters. The van der Waals surface area contributed by atoms with Crippen LogP contribution in [0.4, 0.5) is 10.2 Å². The largest absolute Gasteiger partial charge is 0.364 e. The summed E-state index contributed by atoms with van der Waals surface area (Å²) in [6.07, 6.45) is 5.34. The highest BCUT2D eigenvalue weighted by molar-refractivity contribution is 5.92. The van der Waals surface area contributed by atoms with Crippen LogP contribution in [-0.4, -0.2) is 32.7 Å². The first-order valence-corrected chi connectivity index (χ1v) is 9.72. The lowest BCUT2D eigenvalue weighted by Gasteiger charge is -2.31. The maximum atomic E-state index is 13.5. The maximum absolute atomic E-state index is 13.5. The van der Waals surface area contributed by atoms with Gasteiger partial charge in [-0.05, 0) is 30.9 Å². The monoisotopic (exact) mass is 404 g/mol. The number of alkyl halides is 1. The molecule has 1 aliphatic rings. The minimum Gasteiger partial charge on any atom is -0.364 e. The number of imidazole rings is 1. The molecule has 2 N–H and O–H groups in total. The molecule has 30 heavy (non-hydrogen) atoms. The highest BCUT2D eigenvalue weighted by Crippen LogP contribution is 2.27. The van der Waals surface area contributed by atoms with E-state index in [1.165, 1.54) is 6.33 Å². The molecular weight excluding hydrogens is 383 g/mol. The van der Waals surface area contributed by atoms with Crippen molar-refractivity contribution < 1.29 is 9.18 Å². The van der Waals surface area contributed by atoms with E-state index in [1.54, 1.807) is 29.1 Å². The number of nitrogens with zero attached hydrogens (tertiary/aromatic N) is 4. The summed E-state index contributed by atoms with van der Waals surface area (Å²) in [4.78, 5) is 21.1. The molecule has 7 nitrogen and oxygen atoms in total. The van der Waals surface area contributed by atoms with Crippen LogP contribution in [0.5, 0.6) is 0 Å². The van der Waals surface area contributed by atoms with Gasteiger partial charge in [0.2, 0.25) is 0 Å². The first-order valence-electron chi connectivity index (χ1n) is 9.72. The molecular formula is C22H21FN6O. The SMILES string of the molecule is Cc1cnc(NC2CC[C@H]2F)cc1-n1cnc(C(=O)NC(C#N)c2ccccc2)c1. The number of pyridine rings is 1. The molecule has 1 aliphatic carbocycles. The number of carbonyl (C=O) groups excluding carboxylic acids is 1. The second kappa shape index (κ2) is 8.33.